The number of hydrogen-bond donors (Lipinski definition) is 3. The normalized spacial score (nSPS) is 22.0. The van der Waals surface area contributed by atoms with Gasteiger partial charge >= 0.3 is 0 Å². The zero-order valence-corrected chi connectivity index (χ0v) is 18.7. The molecule has 0 radical (unpaired) electrons. The fraction of sp³-hybridized carbons (Fsp3) is 0.333. The summed E-state index contributed by atoms with van der Waals surface area (Å²) in [5, 5.41) is 9.35. The van der Waals surface area contributed by atoms with E-state index in [1.807, 2.05) is 18.3 Å². The molecule has 4 N–H and O–H groups in total. The Labute approximate surface area is 194 Å². The number of H-pyrrole nitrogens is 1. The summed E-state index contributed by atoms with van der Waals surface area (Å²) >= 11 is 0. The van der Waals surface area contributed by atoms with Crippen LogP contribution in [0.25, 0.3) is 27.6 Å². The van der Waals surface area contributed by atoms with Crippen LogP contribution < -0.4 is 16.0 Å². The van der Waals surface area contributed by atoms with Gasteiger partial charge in [-0.1, -0.05) is 0 Å². The van der Waals surface area contributed by atoms with Crippen LogP contribution in [-0.4, -0.2) is 55.2 Å². The Kier molecular flexibility index (Phi) is 4.11. The number of nitrogens with zero attached hydrogens (tertiary/aromatic N) is 6. The summed E-state index contributed by atoms with van der Waals surface area (Å²) in [6, 6.07) is 7.43. The molecule has 2 unspecified atom stereocenters. The van der Waals surface area contributed by atoms with Crippen LogP contribution in [0, 0.1) is 11.7 Å². The molecule has 1 aliphatic heterocycles. The van der Waals surface area contributed by atoms with Gasteiger partial charge in [-0.15, -0.1) is 0 Å². The fourth-order valence-electron chi connectivity index (χ4n) is 5.75. The molecule has 1 saturated carbocycles. The average Bonchev–Trinajstić information content (AvgIpc) is 3.58. The average molecular weight is 458 g/mol. The van der Waals surface area contributed by atoms with Crippen LogP contribution >= 0.6 is 0 Å². The lowest BCUT2D eigenvalue weighted by Crippen LogP contribution is -2.41. The smallest absolute Gasteiger partial charge is 0.155 e. The van der Waals surface area contributed by atoms with Crippen molar-refractivity contribution in [1.29, 1.82) is 0 Å². The standard InChI is InChI=1S/C24H24FN9/c1-27-18-7-13(25)6-16-21-23(31-22(16)18)29-19(8-14-9-20-28-3-2-4-34(20)32-14)30-24(21)33-11-12-5-15(33)10-17(12)26/h2-4,6-7,9,12,15,17,27H,5,8,10-11,26H2,1H3,(H,29,30,31)/t12?,15?,17-/m0/s1. The van der Waals surface area contributed by atoms with E-state index in [-0.39, 0.29) is 11.9 Å². The highest BCUT2D eigenvalue weighted by molar-refractivity contribution is 6.14. The van der Waals surface area contributed by atoms with Crippen LogP contribution in [0.5, 0.6) is 0 Å². The van der Waals surface area contributed by atoms with Crippen molar-refractivity contribution in [2.45, 2.75) is 31.3 Å². The highest BCUT2D eigenvalue weighted by atomic mass is 19.1. The third kappa shape index (κ3) is 2.88. The summed E-state index contributed by atoms with van der Waals surface area (Å²) in [4.78, 5) is 20.0. The second-order valence-electron chi connectivity index (χ2n) is 9.37. The monoisotopic (exact) mass is 457 g/mol. The third-order valence-corrected chi connectivity index (χ3v) is 7.32. The minimum Gasteiger partial charge on any atom is -0.386 e. The van der Waals surface area contributed by atoms with Gasteiger partial charge in [-0.2, -0.15) is 5.10 Å². The van der Waals surface area contributed by atoms with Gasteiger partial charge in [-0.05, 0) is 37.0 Å². The number of anilines is 2. The molecule has 3 atom stereocenters. The molecule has 5 aromatic rings. The van der Waals surface area contributed by atoms with Crippen LogP contribution in [0.2, 0.25) is 0 Å². The molecule has 10 heteroatoms. The fourth-order valence-corrected chi connectivity index (χ4v) is 5.75. The Hall–Kier alpha value is -3.79. The molecule has 172 valence electrons. The van der Waals surface area contributed by atoms with Gasteiger partial charge in [-0.25, -0.2) is 23.9 Å². The molecule has 0 amide bonds. The zero-order valence-electron chi connectivity index (χ0n) is 18.7. The van der Waals surface area contributed by atoms with Crippen LogP contribution in [0.1, 0.15) is 24.4 Å². The van der Waals surface area contributed by atoms with Gasteiger partial charge in [0, 0.05) is 49.5 Å². The molecule has 2 fully saturated rings. The largest absolute Gasteiger partial charge is 0.386 e. The van der Waals surface area contributed by atoms with Crippen molar-refractivity contribution in [2.75, 3.05) is 23.8 Å². The van der Waals surface area contributed by atoms with Crippen molar-refractivity contribution in [2.24, 2.45) is 11.7 Å². The molecule has 7 rings (SSSR count). The molecule has 1 aromatic carbocycles. The van der Waals surface area contributed by atoms with Crippen molar-refractivity contribution in [1.82, 2.24) is 29.5 Å². The Bertz CT molecular complexity index is 1540. The number of hydrogen-bond acceptors (Lipinski definition) is 7. The predicted octanol–water partition coefficient (Wildman–Crippen LogP) is 2.85. The first-order valence-electron chi connectivity index (χ1n) is 11.6. The quantitative estimate of drug-likeness (QED) is 0.380. The lowest BCUT2D eigenvalue weighted by Gasteiger charge is -2.31. The second kappa shape index (κ2) is 7.10. The third-order valence-electron chi connectivity index (χ3n) is 7.32. The van der Waals surface area contributed by atoms with E-state index in [0.717, 1.165) is 52.8 Å². The van der Waals surface area contributed by atoms with Crippen LogP contribution in [-0.2, 0) is 6.42 Å². The van der Waals surface area contributed by atoms with Crippen LogP contribution in [0.3, 0.4) is 0 Å². The molecule has 4 aromatic heterocycles. The first-order valence-corrected chi connectivity index (χ1v) is 11.6. The van der Waals surface area contributed by atoms with Gasteiger partial charge in [0.2, 0.25) is 0 Å². The summed E-state index contributed by atoms with van der Waals surface area (Å²) in [6.45, 7) is 0.858. The molecular weight excluding hydrogens is 433 g/mol. The lowest BCUT2D eigenvalue weighted by molar-refractivity contribution is 0.471. The highest BCUT2D eigenvalue weighted by Crippen LogP contribution is 2.43. The van der Waals surface area contributed by atoms with Crippen molar-refractivity contribution in [3.05, 3.63) is 54.0 Å². The van der Waals surface area contributed by atoms with Crippen molar-refractivity contribution >= 4 is 39.1 Å². The summed E-state index contributed by atoms with van der Waals surface area (Å²) in [5.74, 6) is 1.67. The Morgan fingerprint density at radius 1 is 1.24 bits per heavy atom. The van der Waals surface area contributed by atoms with Crippen molar-refractivity contribution < 1.29 is 4.39 Å². The maximum Gasteiger partial charge on any atom is 0.155 e. The molecule has 2 bridgehead atoms. The first kappa shape index (κ1) is 19.7. The Balaban J connectivity index is 1.42. The van der Waals surface area contributed by atoms with E-state index < -0.39 is 0 Å². The summed E-state index contributed by atoms with van der Waals surface area (Å²) < 4.78 is 16.3. The molecule has 34 heavy (non-hydrogen) atoms. The predicted molar refractivity (Wildman–Crippen MR) is 129 cm³/mol. The number of fused-ring (bicyclic) bond motifs is 6. The molecule has 9 nitrogen and oxygen atoms in total. The van der Waals surface area contributed by atoms with Gasteiger partial charge in [0.15, 0.2) is 5.65 Å². The summed E-state index contributed by atoms with van der Waals surface area (Å²) in [7, 11) is 1.79. The molecule has 5 heterocycles. The van der Waals surface area contributed by atoms with E-state index in [4.69, 9.17) is 15.7 Å². The number of piperidine rings is 1. The van der Waals surface area contributed by atoms with Gasteiger partial charge in [0.1, 0.15) is 23.1 Å². The van der Waals surface area contributed by atoms with Gasteiger partial charge in [0.05, 0.1) is 28.7 Å². The molecule has 0 spiro atoms. The number of rotatable bonds is 4. The van der Waals surface area contributed by atoms with Crippen molar-refractivity contribution in [3.63, 3.8) is 0 Å². The van der Waals surface area contributed by atoms with E-state index in [1.54, 1.807) is 23.8 Å². The molecule has 1 saturated heterocycles. The van der Waals surface area contributed by atoms with Gasteiger partial charge in [-0.3, -0.25) is 0 Å². The van der Waals surface area contributed by atoms with E-state index in [9.17, 15) is 4.39 Å². The van der Waals surface area contributed by atoms with E-state index >= 15 is 0 Å². The lowest BCUT2D eigenvalue weighted by atomic mass is 10.0. The maximum atomic E-state index is 14.5. The molecule has 1 aliphatic carbocycles. The highest BCUT2D eigenvalue weighted by Gasteiger charge is 2.44. The minimum atomic E-state index is -0.296. The SMILES string of the molecule is CNc1cc(F)cc2c1[nH]c1nc(Cc3cc4ncccn4n3)nc(N3CC4CC3C[C@@H]4N)c12. The van der Waals surface area contributed by atoms with Crippen molar-refractivity contribution in [3.8, 4) is 0 Å². The van der Waals surface area contributed by atoms with E-state index in [2.05, 4.69) is 25.3 Å². The first-order chi connectivity index (χ1) is 16.6. The van der Waals surface area contributed by atoms with Gasteiger partial charge in [0.25, 0.3) is 0 Å². The maximum absolute atomic E-state index is 14.5. The summed E-state index contributed by atoms with van der Waals surface area (Å²) in [6.07, 6.45) is 6.10. The van der Waals surface area contributed by atoms with Crippen LogP contribution in [0.15, 0.2) is 36.7 Å². The number of aromatic nitrogens is 6. The van der Waals surface area contributed by atoms with E-state index in [0.29, 0.717) is 35.5 Å². The second-order valence-corrected chi connectivity index (χ2v) is 9.37. The van der Waals surface area contributed by atoms with E-state index in [1.165, 1.54) is 6.07 Å². The number of benzene rings is 1. The number of halogens is 1. The summed E-state index contributed by atoms with van der Waals surface area (Å²) in [5.41, 5.74) is 10.2. The molecular formula is C24H24FN9. The van der Waals surface area contributed by atoms with Crippen LogP contribution in [0.4, 0.5) is 15.9 Å². The number of nitrogens with two attached hydrogens (primary N) is 1. The van der Waals surface area contributed by atoms with Gasteiger partial charge < -0.3 is 20.9 Å². The number of nitrogens with one attached hydrogen (secondary N) is 2. The molecule has 2 aliphatic rings. The topological polar surface area (TPSA) is 113 Å². The zero-order chi connectivity index (χ0) is 23.0. The number of aromatic amines is 1. The minimum absolute atomic E-state index is 0.236. The Morgan fingerprint density at radius 2 is 2.15 bits per heavy atom. The Morgan fingerprint density at radius 3 is 2.91 bits per heavy atom.